The predicted octanol–water partition coefficient (Wildman–Crippen LogP) is 5.67. The summed E-state index contributed by atoms with van der Waals surface area (Å²) in [5, 5.41) is 22.6. The van der Waals surface area contributed by atoms with Crippen LogP contribution in [0, 0.1) is 11.3 Å². The summed E-state index contributed by atoms with van der Waals surface area (Å²) in [5.74, 6) is -1.38. The van der Waals surface area contributed by atoms with Crippen molar-refractivity contribution in [2.45, 2.75) is 29.5 Å². The van der Waals surface area contributed by atoms with Gasteiger partial charge in [0.25, 0.3) is 0 Å². The van der Waals surface area contributed by atoms with Crippen LogP contribution in [0.1, 0.15) is 41.1 Å². The molecule has 14 heteroatoms. The van der Waals surface area contributed by atoms with Gasteiger partial charge in [-0.1, -0.05) is 52.4 Å². The minimum atomic E-state index is -0.731. The molecule has 1 aliphatic carbocycles. The maximum Gasteiger partial charge on any atom is 0.337 e. The second-order valence-corrected chi connectivity index (χ2v) is 12.3. The van der Waals surface area contributed by atoms with Crippen molar-refractivity contribution in [3.05, 3.63) is 86.3 Å². The van der Waals surface area contributed by atoms with Crippen LogP contribution in [0.25, 0.3) is 0 Å². The number of anilines is 2. The van der Waals surface area contributed by atoms with E-state index in [0.717, 1.165) is 0 Å². The number of hydrogen-bond donors (Lipinski definition) is 2. The number of nitriles is 1. The van der Waals surface area contributed by atoms with Crippen LogP contribution in [-0.2, 0) is 14.3 Å². The zero-order valence-corrected chi connectivity index (χ0v) is 25.2. The van der Waals surface area contributed by atoms with E-state index in [1.807, 2.05) is 0 Å². The van der Waals surface area contributed by atoms with Gasteiger partial charge in [0.05, 0.1) is 36.0 Å². The Hall–Kier alpha value is -3.89. The van der Waals surface area contributed by atoms with Crippen molar-refractivity contribution in [3.8, 4) is 6.07 Å². The van der Waals surface area contributed by atoms with Crippen LogP contribution in [0.15, 0.2) is 69.5 Å². The number of allylic oxidation sites excluding steroid dienone is 3. The lowest BCUT2D eigenvalue weighted by molar-refractivity contribution is -0.116. The fourth-order valence-electron chi connectivity index (χ4n) is 4.83. The molecule has 1 atom stereocenters. The Kier molecular flexibility index (Phi) is 8.84. The van der Waals surface area contributed by atoms with Gasteiger partial charge in [-0.25, -0.2) is 4.79 Å². The molecule has 0 radical (unpaired) electrons. The number of nitrogens with two attached hydrogens (primary N) is 1. The number of hydrogen-bond acceptors (Lipinski definition) is 11. The lowest BCUT2D eigenvalue weighted by atomic mass is 9.76. The van der Waals surface area contributed by atoms with Crippen LogP contribution >= 0.6 is 46.3 Å². The van der Waals surface area contributed by atoms with E-state index in [0.29, 0.717) is 66.9 Å². The second-order valence-electron chi connectivity index (χ2n) is 9.24. The fourth-order valence-corrected chi connectivity index (χ4v) is 7.03. The highest BCUT2D eigenvalue weighted by Crippen LogP contribution is 2.48. The third-order valence-electron chi connectivity index (χ3n) is 6.69. The summed E-state index contributed by atoms with van der Waals surface area (Å²) in [6.07, 6.45) is 1.50. The monoisotopic (exact) mass is 640 g/mol. The molecule has 214 valence electrons. The van der Waals surface area contributed by atoms with Crippen molar-refractivity contribution in [1.29, 1.82) is 5.26 Å². The summed E-state index contributed by atoms with van der Waals surface area (Å²) in [6, 6.07) is 13.5. The predicted molar refractivity (Wildman–Crippen MR) is 161 cm³/mol. The van der Waals surface area contributed by atoms with Gasteiger partial charge in [-0.15, -0.1) is 10.2 Å². The number of rotatable bonds is 7. The van der Waals surface area contributed by atoms with Crippen LogP contribution in [0.4, 0.5) is 10.8 Å². The van der Waals surface area contributed by atoms with E-state index in [9.17, 15) is 19.6 Å². The summed E-state index contributed by atoms with van der Waals surface area (Å²) in [4.78, 5) is 39.1. The highest BCUT2D eigenvalue weighted by molar-refractivity contribution is 8.01. The van der Waals surface area contributed by atoms with Gasteiger partial charge in [0, 0.05) is 33.4 Å². The number of ether oxygens (including phenoxy) is 1. The number of aromatic nitrogens is 2. The van der Waals surface area contributed by atoms with Crippen molar-refractivity contribution in [3.63, 3.8) is 0 Å². The molecular formula is C28H22Cl2N6O4S2. The molecule has 2 aromatic carbocycles. The minimum absolute atomic E-state index is 0.0473. The Morgan fingerprint density at radius 2 is 1.98 bits per heavy atom. The molecule has 0 saturated heterocycles. The number of thioether (sulfide) groups is 1. The number of nitrogens with one attached hydrogen (secondary N) is 1. The molecule has 3 N–H and O–H groups in total. The van der Waals surface area contributed by atoms with Crippen molar-refractivity contribution in [2.24, 2.45) is 5.73 Å². The van der Waals surface area contributed by atoms with Crippen LogP contribution in [0.3, 0.4) is 0 Å². The zero-order chi connectivity index (χ0) is 30.0. The fraction of sp³-hybridized carbons (Fsp3) is 0.214. The zero-order valence-electron chi connectivity index (χ0n) is 22.0. The summed E-state index contributed by atoms with van der Waals surface area (Å²) >= 11 is 15.0. The van der Waals surface area contributed by atoms with Crippen LogP contribution in [0.2, 0.25) is 10.0 Å². The maximum absolute atomic E-state index is 13.3. The number of methoxy groups -OCH3 is 1. The highest BCUT2D eigenvalue weighted by atomic mass is 35.5. The van der Waals surface area contributed by atoms with Gasteiger partial charge in [0.2, 0.25) is 11.0 Å². The van der Waals surface area contributed by atoms with Crippen molar-refractivity contribution < 1.29 is 19.1 Å². The molecule has 42 heavy (non-hydrogen) atoms. The van der Waals surface area contributed by atoms with E-state index >= 15 is 0 Å². The number of Topliss-reactive ketones (excluding diaryl/α,β-unsaturated/α-hetero) is 1. The number of carbonyl (C=O) groups excluding carboxylic acids is 3. The molecular weight excluding hydrogens is 619 g/mol. The molecule has 0 spiro atoms. The van der Waals surface area contributed by atoms with Crippen LogP contribution in [-0.4, -0.2) is 40.7 Å². The van der Waals surface area contributed by atoms with E-state index in [4.69, 9.17) is 28.9 Å². The first-order chi connectivity index (χ1) is 20.2. The van der Waals surface area contributed by atoms with Gasteiger partial charge < -0.3 is 15.8 Å². The third kappa shape index (κ3) is 5.87. The van der Waals surface area contributed by atoms with Gasteiger partial charge in [0.1, 0.15) is 5.82 Å². The molecule has 1 aliphatic heterocycles. The molecule has 1 unspecified atom stereocenters. The number of carbonyl (C=O) groups is 3. The summed E-state index contributed by atoms with van der Waals surface area (Å²) in [5.41, 5.74) is 9.34. The molecule has 10 nitrogen and oxygen atoms in total. The topological polar surface area (TPSA) is 151 Å². The van der Waals surface area contributed by atoms with Crippen molar-refractivity contribution in [1.82, 2.24) is 10.2 Å². The lowest BCUT2D eigenvalue weighted by Gasteiger charge is -2.38. The second kappa shape index (κ2) is 12.5. The quantitative estimate of drug-likeness (QED) is 0.244. The van der Waals surface area contributed by atoms with E-state index < -0.39 is 11.9 Å². The first kappa shape index (κ1) is 29.6. The van der Waals surface area contributed by atoms with Gasteiger partial charge >= 0.3 is 5.97 Å². The van der Waals surface area contributed by atoms with Crippen LogP contribution in [0.5, 0.6) is 0 Å². The highest BCUT2D eigenvalue weighted by Gasteiger charge is 2.42. The third-order valence-corrected chi connectivity index (χ3v) is 9.29. The van der Waals surface area contributed by atoms with E-state index in [1.165, 1.54) is 30.2 Å². The molecule has 2 heterocycles. The summed E-state index contributed by atoms with van der Waals surface area (Å²) in [7, 11) is 1.30. The largest absolute Gasteiger partial charge is 0.465 e. The Bertz CT molecular complexity index is 1700. The molecule has 0 saturated carbocycles. The van der Waals surface area contributed by atoms with Crippen molar-refractivity contribution >= 4 is 74.8 Å². The summed E-state index contributed by atoms with van der Waals surface area (Å²) < 4.78 is 5.18. The number of esters is 1. The van der Waals surface area contributed by atoms with Crippen LogP contribution < -0.4 is 16.0 Å². The molecule has 0 fully saturated rings. The molecule has 1 amide bonds. The van der Waals surface area contributed by atoms with Gasteiger partial charge in [-0.2, -0.15) is 5.26 Å². The van der Waals surface area contributed by atoms with E-state index in [-0.39, 0.29) is 28.8 Å². The molecule has 0 bridgehead atoms. The number of halogens is 2. The summed E-state index contributed by atoms with van der Waals surface area (Å²) in [6.45, 7) is 0. The normalized spacial score (nSPS) is 16.7. The number of amides is 1. The number of benzene rings is 2. The van der Waals surface area contributed by atoms with Gasteiger partial charge in [-0.3, -0.25) is 14.5 Å². The average Bonchev–Trinajstić information content (AvgIpc) is 3.44. The number of nitrogens with zero attached hydrogens (tertiary/aromatic N) is 4. The first-order valence-electron chi connectivity index (χ1n) is 12.6. The first-order valence-corrected chi connectivity index (χ1v) is 15.1. The lowest BCUT2D eigenvalue weighted by Crippen LogP contribution is -2.38. The Morgan fingerprint density at radius 1 is 1.21 bits per heavy atom. The Labute approximate surface area is 259 Å². The van der Waals surface area contributed by atoms with E-state index in [1.54, 1.807) is 47.4 Å². The SMILES string of the molecule is COC(=O)c1ccc(NC(=O)CSc2nnc(N3C(N)=C(C#N)C(c4ccc(Cl)cc4Cl)C4=C3CCCC4=O)s2)cc1. The van der Waals surface area contributed by atoms with Gasteiger partial charge in [0.15, 0.2) is 10.1 Å². The minimum Gasteiger partial charge on any atom is -0.465 e. The smallest absolute Gasteiger partial charge is 0.337 e. The molecule has 3 aromatic rings. The average molecular weight is 642 g/mol. The maximum atomic E-state index is 13.3. The van der Waals surface area contributed by atoms with Crippen molar-refractivity contribution in [2.75, 3.05) is 23.1 Å². The van der Waals surface area contributed by atoms with E-state index in [2.05, 4.69) is 26.3 Å². The Morgan fingerprint density at radius 3 is 2.67 bits per heavy atom. The number of ketones is 1. The standard InChI is InChI=1S/C28H22Cl2N6O4S2/c1-40-26(39)14-5-8-16(9-6-14)33-22(38)13-41-28-35-34-27(42-28)36-20-3-2-4-21(37)24(20)23(18(12-31)25(36)32)17-10-7-15(29)11-19(17)30/h5-11,23H,2-4,13,32H2,1H3,(H,33,38). The van der Waals surface area contributed by atoms with Gasteiger partial charge in [-0.05, 0) is 54.8 Å². The Balaban J connectivity index is 1.37. The molecule has 5 rings (SSSR count). The molecule has 2 aliphatic rings. The molecule has 1 aromatic heterocycles.